The highest BCUT2D eigenvalue weighted by Crippen LogP contribution is 2.36. The van der Waals surface area contributed by atoms with E-state index < -0.39 is 0 Å². The van der Waals surface area contributed by atoms with Crippen molar-refractivity contribution in [1.82, 2.24) is 10.2 Å². The molecule has 5 heteroatoms. The maximum Gasteiger partial charge on any atom is 0.179 e. The molecule has 4 nitrogen and oxygen atoms in total. The van der Waals surface area contributed by atoms with Crippen LogP contribution in [-0.2, 0) is 6.54 Å². The van der Waals surface area contributed by atoms with E-state index in [2.05, 4.69) is 24.1 Å². The van der Waals surface area contributed by atoms with Crippen molar-refractivity contribution < 1.29 is 9.47 Å². The number of halogens is 1. The molecule has 0 amide bonds. The number of nitrogens with one attached hydrogen (secondary N) is 1. The number of hydrogen-bond donors (Lipinski definition) is 1. The standard InChI is InChI=1S/C16H25ClN2O2/c1-5-21-15-13(17)8-12(9-14(15)20-4)10-19-7-6-18-16(2,3)11-19/h8-9,18H,5-7,10-11H2,1-4H3. The average Bonchev–Trinajstić information content (AvgIpc) is 2.40. The van der Waals surface area contributed by atoms with E-state index in [0.29, 0.717) is 23.1 Å². The third-order valence-corrected chi connectivity index (χ3v) is 3.92. The summed E-state index contributed by atoms with van der Waals surface area (Å²) in [4.78, 5) is 2.43. The summed E-state index contributed by atoms with van der Waals surface area (Å²) in [6, 6.07) is 4.00. The van der Waals surface area contributed by atoms with Crippen LogP contribution in [0, 0.1) is 0 Å². The van der Waals surface area contributed by atoms with E-state index in [-0.39, 0.29) is 5.54 Å². The zero-order valence-corrected chi connectivity index (χ0v) is 14.1. The Kier molecular flexibility index (Phi) is 5.36. The maximum atomic E-state index is 6.33. The largest absolute Gasteiger partial charge is 0.493 e. The van der Waals surface area contributed by atoms with Gasteiger partial charge in [-0.25, -0.2) is 0 Å². The first-order valence-electron chi connectivity index (χ1n) is 7.42. The van der Waals surface area contributed by atoms with Crippen molar-refractivity contribution in [2.24, 2.45) is 0 Å². The second-order valence-corrected chi connectivity index (χ2v) is 6.47. The third kappa shape index (κ3) is 4.25. The maximum absolute atomic E-state index is 6.33. The smallest absolute Gasteiger partial charge is 0.179 e. The number of ether oxygens (including phenoxy) is 2. The van der Waals surface area contributed by atoms with Crippen molar-refractivity contribution in [1.29, 1.82) is 0 Å². The summed E-state index contributed by atoms with van der Waals surface area (Å²) in [6.45, 7) is 10.9. The molecular formula is C16H25ClN2O2. The predicted octanol–water partition coefficient (Wildman–Crippen LogP) is 2.93. The predicted molar refractivity (Wildman–Crippen MR) is 86.5 cm³/mol. The van der Waals surface area contributed by atoms with Gasteiger partial charge in [-0.05, 0) is 38.5 Å². The normalized spacial score (nSPS) is 18.5. The zero-order valence-electron chi connectivity index (χ0n) is 13.3. The molecule has 1 aliphatic rings. The molecule has 21 heavy (non-hydrogen) atoms. The van der Waals surface area contributed by atoms with Crippen molar-refractivity contribution in [3.8, 4) is 11.5 Å². The van der Waals surface area contributed by atoms with Gasteiger partial charge in [0.25, 0.3) is 0 Å². The van der Waals surface area contributed by atoms with Gasteiger partial charge < -0.3 is 14.8 Å². The Labute approximate surface area is 132 Å². The van der Waals surface area contributed by atoms with Crippen molar-refractivity contribution in [3.05, 3.63) is 22.7 Å². The Morgan fingerprint density at radius 2 is 2.14 bits per heavy atom. The van der Waals surface area contributed by atoms with Crippen molar-refractivity contribution in [2.45, 2.75) is 32.9 Å². The van der Waals surface area contributed by atoms with Crippen LogP contribution >= 0.6 is 11.6 Å². The molecule has 0 aliphatic carbocycles. The molecule has 1 aromatic carbocycles. The molecule has 0 aromatic heterocycles. The summed E-state index contributed by atoms with van der Waals surface area (Å²) in [5.74, 6) is 1.33. The number of methoxy groups -OCH3 is 1. The molecule has 1 aromatic rings. The van der Waals surface area contributed by atoms with E-state index >= 15 is 0 Å². The average molecular weight is 313 g/mol. The lowest BCUT2D eigenvalue weighted by Gasteiger charge is -2.39. The second kappa shape index (κ2) is 6.86. The van der Waals surface area contributed by atoms with Gasteiger partial charge in [-0.3, -0.25) is 4.90 Å². The van der Waals surface area contributed by atoms with Gasteiger partial charge in [-0.15, -0.1) is 0 Å². The van der Waals surface area contributed by atoms with Gasteiger partial charge in [-0.1, -0.05) is 11.6 Å². The Morgan fingerprint density at radius 3 is 2.76 bits per heavy atom. The van der Waals surface area contributed by atoms with Crippen LogP contribution in [-0.4, -0.2) is 43.8 Å². The Morgan fingerprint density at radius 1 is 1.38 bits per heavy atom. The summed E-state index contributed by atoms with van der Waals surface area (Å²) in [5.41, 5.74) is 1.30. The molecule has 118 valence electrons. The number of benzene rings is 1. The molecule has 0 radical (unpaired) electrons. The molecule has 1 saturated heterocycles. The molecule has 0 atom stereocenters. The summed E-state index contributed by atoms with van der Waals surface area (Å²) in [6.07, 6.45) is 0. The summed E-state index contributed by atoms with van der Waals surface area (Å²) in [7, 11) is 1.64. The number of rotatable bonds is 5. The van der Waals surface area contributed by atoms with Crippen LogP contribution in [0.1, 0.15) is 26.3 Å². The minimum absolute atomic E-state index is 0.150. The van der Waals surface area contributed by atoms with Gasteiger partial charge in [-0.2, -0.15) is 0 Å². The van der Waals surface area contributed by atoms with Crippen LogP contribution < -0.4 is 14.8 Å². The van der Waals surface area contributed by atoms with Crippen LogP contribution in [0.3, 0.4) is 0 Å². The van der Waals surface area contributed by atoms with E-state index in [1.165, 1.54) is 0 Å². The fourth-order valence-electron chi connectivity index (χ4n) is 2.79. The quantitative estimate of drug-likeness (QED) is 0.906. The molecule has 0 saturated carbocycles. The van der Waals surface area contributed by atoms with Gasteiger partial charge in [0.05, 0.1) is 18.7 Å². The SMILES string of the molecule is CCOc1c(Cl)cc(CN2CCNC(C)(C)C2)cc1OC. The van der Waals surface area contributed by atoms with Crippen LogP contribution in [0.25, 0.3) is 0 Å². The minimum Gasteiger partial charge on any atom is -0.493 e. The molecular weight excluding hydrogens is 288 g/mol. The molecule has 1 heterocycles. The van der Waals surface area contributed by atoms with E-state index in [4.69, 9.17) is 21.1 Å². The van der Waals surface area contributed by atoms with E-state index in [9.17, 15) is 0 Å². The fraction of sp³-hybridized carbons (Fsp3) is 0.625. The number of hydrogen-bond acceptors (Lipinski definition) is 4. The Bertz CT molecular complexity index is 491. The van der Waals surface area contributed by atoms with Gasteiger partial charge in [0.2, 0.25) is 0 Å². The fourth-order valence-corrected chi connectivity index (χ4v) is 3.08. The second-order valence-electron chi connectivity index (χ2n) is 6.06. The van der Waals surface area contributed by atoms with E-state index in [1.54, 1.807) is 7.11 Å². The van der Waals surface area contributed by atoms with Crippen LogP contribution in [0.4, 0.5) is 0 Å². The summed E-state index contributed by atoms with van der Waals surface area (Å²) >= 11 is 6.33. The highest BCUT2D eigenvalue weighted by atomic mass is 35.5. The van der Waals surface area contributed by atoms with Crippen LogP contribution in [0.15, 0.2) is 12.1 Å². The van der Waals surface area contributed by atoms with Gasteiger partial charge >= 0.3 is 0 Å². The molecule has 0 spiro atoms. The van der Waals surface area contributed by atoms with Crippen molar-refractivity contribution in [3.63, 3.8) is 0 Å². The van der Waals surface area contributed by atoms with Gasteiger partial charge in [0, 0.05) is 31.7 Å². The van der Waals surface area contributed by atoms with Crippen LogP contribution in [0.2, 0.25) is 5.02 Å². The van der Waals surface area contributed by atoms with Crippen molar-refractivity contribution >= 4 is 11.6 Å². The van der Waals surface area contributed by atoms with E-state index in [1.807, 2.05) is 19.1 Å². The molecule has 1 N–H and O–H groups in total. The topological polar surface area (TPSA) is 33.7 Å². The molecule has 0 bridgehead atoms. The number of nitrogens with zero attached hydrogens (tertiary/aromatic N) is 1. The monoisotopic (exact) mass is 312 g/mol. The first-order valence-corrected chi connectivity index (χ1v) is 7.79. The number of piperazine rings is 1. The Hall–Kier alpha value is -0.970. The molecule has 1 aliphatic heterocycles. The summed E-state index contributed by atoms with van der Waals surface area (Å²) in [5, 5.41) is 4.13. The molecule has 1 fully saturated rings. The lowest BCUT2D eigenvalue weighted by Crippen LogP contribution is -2.56. The minimum atomic E-state index is 0.150. The Balaban J connectivity index is 2.15. The zero-order chi connectivity index (χ0) is 15.5. The molecule has 2 rings (SSSR count). The van der Waals surface area contributed by atoms with Gasteiger partial charge in [0.1, 0.15) is 0 Å². The third-order valence-electron chi connectivity index (χ3n) is 3.63. The van der Waals surface area contributed by atoms with Gasteiger partial charge in [0.15, 0.2) is 11.5 Å². The first-order chi connectivity index (χ1) is 9.95. The first kappa shape index (κ1) is 16.4. The highest BCUT2D eigenvalue weighted by Gasteiger charge is 2.25. The lowest BCUT2D eigenvalue weighted by atomic mass is 10.0. The van der Waals surface area contributed by atoms with E-state index in [0.717, 1.165) is 31.7 Å². The summed E-state index contributed by atoms with van der Waals surface area (Å²) < 4.78 is 11.0. The van der Waals surface area contributed by atoms with Crippen LogP contribution in [0.5, 0.6) is 11.5 Å². The lowest BCUT2D eigenvalue weighted by molar-refractivity contribution is 0.148. The highest BCUT2D eigenvalue weighted by molar-refractivity contribution is 6.32. The molecule has 0 unspecified atom stereocenters. The van der Waals surface area contributed by atoms with Crippen molar-refractivity contribution in [2.75, 3.05) is 33.4 Å².